The molecule has 0 bridgehead atoms. The highest BCUT2D eigenvalue weighted by atomic mass is 32.1. The van der Waals surface area contributed by atoms with Crippen molar-refractivity contribution in [3.63, 3.8) is 0 Å². The van der Waals surface area contributed by atoms with E-state index < -0.39 is 5.97 Å². The predicted molar refractivity (Wildman–Crippen MR) is 41.7 cm³/mol. The highest BCUT2D eigenvalue weighted by Crippen LogP contribution is 2.15. The molecule has 1 aromatic rings. The van der Waals surface area contributed by atoms with Crippen LogP contribution in [0.4, 0.5) is 0 Å². The SMILES string of the molecule is CC(N)c1nc(C(=O)O)cs1. The Labute approximate surface area is 67.7 Å². The van der Waals surface area contributed by atoms with Gasteiger partial charge in [0.05, 0.1) is 6.04 Å². The molecule has 0 saturated heterocycles. The average molecular weight is 172 g/mol. The standard InChI is InChI=1S/C6H8N2O2S/c1-3(7)5-8-4(2-11-5)6(9)10/h2-3H,7H2,1H3,(H,9,10). The van der Waals surface area contributed by atoms with Crippen molar-refractivity contribution < 1.29 is 9.90 Å². The maximum Gasteiger partial charge on any atom is 0.355 e. The first-order chi connectivity index (χ1) is 5.11. The van der Waals surface area contributed by atoms with E-state index >= 15 is 0 Å². The summed E-state index contributed by atoms with van der Waals surface area (Å²) in [5.74, 6) is -1.01. The molecular formula is C6H8N2O2S. The van der Waals surface area contributed by atoms with Gasteiger partial charge < -0.3 is 10.8 Å². The predicted octanol–water partition coefficient (Wildman–Crippen LogP) is 0.861. The normalized spacial score (nSPS) is 12.9. The second-order valence-electron chi connectivity index (χ2n) is 2.16. The van der Waals surface area contributed by atoms with Crippen LogP contribution in [0.1, 0.15) is 28.5 Å². The van der Waals surface area contributed by atoms with E-state index in [2.05, 4.69) is 4.98 Å². The number of carboxylic acids is 1. The van der Waals surface area contributed by atoms with Gasteiger partial charge in [0, 0.05) is 5.38 Å². The Morgan fingerprint density at radius 3 is 2.82 bits per heavy atom. The summed E-state index contributed by atoms with van der Waals surface area (Å²) in [6.45, 7) is 1.77. The molecule has 1 heterocycles. The molecule has 3 N–H and O–H groups in total. The summed E-state index contributed by atoms with van der Waals surface area (Å²) in [5.41, 5.74) is 5.55. The molecule has 0 aliphatic heterocycles. The van der Waals surface area contributed by atoms with E-state index in [0.29, 0.717) is 5.01 Å². The van der Waals surface area contributed by atoms with E-state index in [0.717, 1.165) is 0 Å². The zero-order valence-electron chi connectivity index (χ0n) is 5.94. The fraction of sp³-hybridized carbons (Fsp3) is 0.333. The van der Waals surface area contributed by atoms with Crippen molar-refractivity contribution >= 4 is 17.3 Å². The summed E-state index contributed by atoms with van der Waals surface area (Å²) in [4.78, 5) is 14.1. The number of thiazole rings is 1. The van der Waals surface area contributed by atoms with Crippen LogP contribution in [0.5, 0.6) is 0 Å². The highest BCUT2D eigenvalue weighted by molar-refractivity contribution is 7.09. The van der Waals surface area contributed by atoms with Crippen LogP contribution >= 0.6 is 11.3 Å². The first kappa shape index (κ1) is 8.16. The van der Waals surface area contributed by atoms with Crippen LogP contribution in [0.2, 0.25) is 0 Å². The summed E-state index contributed by atoms with van der Waals surface area (Å²) in [7, 11) is 0. The number of rotatable bonds is 2. The molecule has 60 valence electrons. The Morgan fingerprint density at radius 2 is 2.55 bits per heavy atom. The maximum atomic E-state index is 10.3. The smallest absolute Gasteiger partial charge is 0.355 e. The molecule has 5 heteroatoms. The molecule has 1 rings (SSSR count). The van der Waals surface area contributed by atoms with Crippen LogP contribution in [0.15, 0.2) is 5.38 Å². The first-order valence-corrected chi connectivity index (χ1v) is 3.93. The number of aromatic nitrogens is 1. The van der Waals surface area contributed by atoms with E-state index in [1.54, 1.807) is 6.92 Å². The van der Waals surface area contributed by atoms with Crippen molar-refractivity contribution in [2.45, 2.75) is 13.0 Å². The second-order valence-corrected chi connectivity index (χ2v) is 3.05. The Kier molecular flexibility index (Phi) is 2.21. The highest BCUT2D eigenvalue weighted by Gasteiger charge is 2.10. The van der Waals surface area contributed by atoms with Crippen molar-refractivity contribution in [3.05, 3.63) is 16.1 Å². The third kappa shape index (κ3) is 1.75. The Morgan fingerprint density at radius 1 is 1.91 bits per heavy atom. The van der Waals surface area contributed by atoms with Crippen molar-refractivity contribution in [1.82, 2.24) is 4.98 Å². The Bertz CT molecular complexity index is 269. The first-order valence-electron chi connectivity index (χ1n) is 3.05. The van der Waals surface area contributed by atoms with E-state index in [4.69, 9.17) is 10.8 Å². The van der Waals surface area contributed by atoms with E-state index in [1.165, 1.54) is 16.7 Å². The third-order valence-electron chi connectivity index (χ3n) is 1.13. The minimum Gasteiger partial charge on any atom is -0.476 e. The number of aromatic carboxylic acids is 1. The number of nitrogens with zero attached hydrogens (tertiary/aromatic N) is 1. The Balaban J connectivity index is 2.90. The average Bonchev–Trinajstić information content (AvgIpc) is 2.33. The minimum absolute atomic E-state index is 0.0716. The summed E-state index contributed by atoms with van der Waals surface area (Å²) in [6, 6.07) is -0.187. The fourth-order valence-corrected chi connectivity index (χ4v) is 1.35. The van der Waals surface area contributed by atoms with Crippen molar-refractivity contribution in [1.29, 1.82) is 0 Å². The lowest BCUT2D eigenvalue weighted by molar-refractivity contribution is 0.0691. The molecule has 0 aliphatic rings. The molecule has 0 saturated carbocycles. The van der Waals surface area contributed by atoms with Gasteiger partial charge in [0.2, 0.25) is 0 Å². The topological polar surface area (TPSA) is 76.2 Å². The van der Waals surface area contributed by atoms with Crippen LogP contribution in [0, 0.1) is 0 Å². The number of carbonyl (C=O) groups is 1. The molecule has 0 radical (unpaired) electrons. The zero-order chi connectivity index (χ0) is 8.43. The summed E-state index contributed by atoms with van der Waals surface area (Å²) < 4.78 is 0. The molecule has 1 unspecified atom stereocenters. The van der Waals surface area contributed by atoms with Crippen molar-refractivity contribution in [2.24, 2.45) is 5.73 Å². The van der Waals surface area contributed by atoms with Gasteiger partial charge in [-0.15, -0.1) is 11.3 Å². The molecule has 4 nitrogen and oxygen atoms in total. The monoisotopic (exact) mass is 172 g/mol. The molecular weight excluding hydrogens is 164 g/mol. The molecule has 0 spiro atoms. The second kappa shape index (κ2) is 2.98. The lowest BCUT2D eigenvalue weighted by Gasteiger charge is -1.95. The van der Waals surface area contributed by atoms with Gasteiger partial charge in [-0.05, 0) is 6.92 Å². The molecule has 1 aromatic heterocycles. The molecule has 1 atom stereocenters. The third-order valence-corrected chi connectivity index (χ3v) is 2.18. The van der Waals surface area contributed by atoms with Gasteiger partial charge in [0.25, 0.3) is 0 Å². The summed E-state index contributed by atoms with van der Waals surface area (Å²) in [5, 5.41) is 10.6. The Hall–Kier alpha value is -0.940. The number of hydrogen-bond acceptors (Lipinski definition) is 4. The maximum absolute atomic E-state index is 10.3. The largest absolute Gasteiger partial charge is 0.476 e. The molecule has 0 amide bonds. The lowest BCUT2D eigenvalue weighted by atomic mass is 10.4. The number of carboxylic acid groups (broad SMARTS) is 1. The number of hydrogen-bond donors (Lipinski definition) is 2. The van der Waals surface area contributed by atoms with Gasteiger partial charge in [0.1, 0.15) is 5.01 Å². The van der Waals surface area contributed by atoms with Gasteiger partial charge >= 0.3 is 5.97 Å². The van der Waals surface area contributed by atoms with Crippen LogP contribution < -0.4 is 5.73 Å². The van der Waals surface area contributed by atoms with Gasteiger partial charge in [-0.2, -0.15) is 0 Å². The fourth-order valence-electron chi connectivity index (χ4n) is 0.595. The molecule has 0 aromatic carbocycles. The van der Waals surface area contributed by atoms with E-state index in [9.17, 15) is 4.79 Å². The van der Waals surface area contributed by atoms with Crippen LogP contribution in [-0.2, 0) is 0 Å². The number of nitrogens with two attached hydrogens (primary N) is 1. The lowest BCUT2D eigenvalue weighted by Crippen LogP contribution is -2.05. The van der Waals surface area contributed by atoms with Crippen molar-refractivity contribution in [2.75, 3.05) is 0 Å². The van der Waals surface area contributed by atoms with Gasteiger partial charge in [0.15, 0.2) is 5.69 Å². The van der Waals surface area contributed by atoms with Crippen molar-refractivity contribution in [3.8, 4) is 0 Å². The van der Waals surface area contributed by atoms with E-state index in [-0.39, 0.29) is 11.7 Å². The molecule has 0 aliphatic carbocycles. The van der Waals surface area contributed by atoms with Crippen LogP contribution in [0.25, 0.3) is 0 Å². The summed E-state index contributed by atoms with van der Waals surface area (Å²) in [6.07, 6.45) is 0. The van der Waals surface area contributed by atoms with Gasteiger partial charge in [-0.25, -0.2) is 9.78 Å². The van der Waals surface area contributed by atoms with Crippen LogP contribution in [0.3, 0.4) is 0 Å². The van der Waals surface area contributed by atoms with Crippen LogP contribution in [-0.4, -0.2) is 16.1 Å². The van der Waals surface area contributed by atoms with E-state index in [1.807, 2.05) is 0 Å². The zero-order valence-corrected chi connectivity index (χ0v) is 6.76. The van der Waals surface area contributed by atoms with Gasteiger partial charge in [-0.3, -0.25) is 0 Å². The molecule has 0 fully saturated rings. The van der Waals surface area contributed by atoms with Gasteiger partial charge in [-0.1, -0.05) is 0 Å². The minimum atomic E-state index is -1.01. The summed E-state index contributed by atoms with van der Waals surface area (Å²) >= 11 is 1.27. The molecule has 11 heavy (non-hydrogen) atoms. The quantitative estimate of drug-likeness (QED) is 0.693.